The molecule has 1 aromatic carbocycles. The minimum absolute atomic E-state index is 0.0277. The van der Waals surface area contributed by atoms with Crippen LogP contribution in [0.5, 0.6) is 0 Å². The Hall–Kier alpha value is -0.830. The van der Waals surface area contributed by atoms with E-state index in [0.29, 0.717) is 0 Å². The van der Waals surface area contributed by atoms with Gasteiger partial charge in [-0.2, -0.15) is 0 Å². The van der Waals surface area contributed by atoms with Crippen LogP contribution in [-0.4, -0.2) is 11.1 Å². The molecule has 0 aromatic heterocycles. The fraction of sp³-hybridized carbons (Fsp3) is 0.462. The lowest BCUT2D eigenvalue weighted by Crippen LogP contribution is -2.21. The number of aliphatic carboxylic acids is 1. The summed E-state index contributed by atoms with van der Waals surface area (Å²) in [6.07, 6.45) is 4.08. The molecule has 0 amide bonds. The van der Waals surface area contributed by atoms with Crippen molar-refractivity contribution < 1.29 is 9.90 Å². The zero-order chi connectivity index (χ0) is 11.3. The van der Waals surface area contributed by atoms with Crippen molar-refractivity contribution >= 4 is 21.9 Å². The molecule has 0 bridgehead atoms. The van der Waals surface area contributed by atoms with Gasteiger partial charge in [0.25, 0.3) is 0 Å². The molecule has 1 aromatic rings. The minimum atomic E-state index is -0.629. The Morgan fingerprint density at radius 2 is 2.31 bits per heavy atom. The van der Waals surface area contributed by atoms with Crippen LogP contribution in [0.4, 0.5) is 0 Å². The summed E-state index contributed by atoms with van der Waals surface area (Å²) in [7, 11) is 0. The Labute approximate surface area is 103 Å². The van der Waals surface area contributed by atoms with Crippen LogP contribution >= 0.6 is 15.9 Å². The average molecular weight is 281 g/mol. The Morgan fingerprint density at radius 3 is 3.00 bits per heavy atom. The first-order valence-electron chi connectivity index (χ1n) is 5.65. The zero-order valence-corrected chi connectivity index (χ0v) is 10.5. The molecule has 2 aliphatic rings. The zero-order valence-electron chi connectivity index (χ0n) is 8.87. The minimum Gasteiger partial charge on any atom is -0.481 e. The molecule has 0 aliphatic heterocycles. The number of fused-ring (bicyclic) bond motifs is 2. The maximum atomic E-state index is 11.1. The van der Waals surface area contributed by atoms with Gasteiger partial charge in [-0.05, 0) is 48.9 Å². The number of carbonyl (C=O) groups is 1. The normalized spacial score (nSPS) is 31.2. The highest BCUT2D eigenvalue weighted by atomic mass is 79.9. The van der Waals surface area contributed by atoms with E-state index in [9.17, 15) is 4.79 Å². The third-order valence-corrected chi connectivity index (χ3v) is 4.54. The molecule has 84 valence electrons. The lowest BCUT2D eigenvalue weighted by Gasteiger charge is -2.26. The van der Waals surface area contributed by atoms with E-state index in [-0.39, 0.29) is 11.3 Å². The fourth-order valence-electron chi connectivity index (χ4n) is 3.19. The number of carboxylic acid groups (broad SMARTS) is 1. The third-order valence-electron chi connectivity index (χ3n) is 4.05. The fourth-order valence-corrected chi connectivity index (χ4v) is 3.60. The average Bonchev–Trinajstić information content (AvgIpc) is 2.93. The molecule has 0 radical (unpaired) electrons. The van der Waals surface area contributed by atoms with Gasteiger partial charge in [-0.1, -0.05) is 22.0 Å². The Balaban J connectivity index is 2.05. The monoisotopic (exact) mass is 280 g/mol. The number of rotatable bonds is 1. The molecule has 3 heteroatoms. The summed E-state index contributed by atoms with van der Waals surface area (Å²) in [5, 5.41) is 9.14. The first-order chi connectivity index (χ1) is 7.63. The third kappa shape index (κ3) is 1.34. The summed E-state index contributed by atoms with van der Waals surface area (Å²) in [5.74, 6) is -0.775. The second kappa shape index (κ2) is 3.33. The second-order valence-corrected chi connectivity index (χ2v) is 5.82. The van der Waals surface area contributed by atoms with Crippen molar-refractivity contribution in [1.29, 1.82) is 0 Å². The van der Waals surface area contributed by atoms with Crippen LogP contribution in [0, 0.1) is 5.92 Å². The van der Waals surface area contributed by atoms with Gasteiger partial charge in [-0.3, -0.25) is 4.79 Å². The molecule has 0 saturated heterocycles. The smallest absolute Gasteiger partial charge is 0.307 e. The highest BCUT2D eigenvalue weighted by molar-refractivity contribution is 9.10. The summed E-state index contributed by atoms with van der Waals surface area (Å²) >= 11 is 3.48. The maximum Gasteiger partial charge on any atom is 0.307 e. The summed E-state index contributed by atoms with van der Waals surface area (Å²) in [6, 6.07) is 6.29. The number of hydrogen-bond acceptors (Lipinski definition) is 1. The van der Waals surface area contributed by atoms with Crippen LogP contribution in [-0.2, 0) is 16.6 Å². The largest absolute Gasteiger partial charge is 0.481 e. The van der Waals surface area contributed by atoms with E-state index in [4.69, 9.17) is 5.11 Å². The number of carboxylic acids is 1. The van der Waals surface area contributed by atoms with Gasteiger partial charge in [-0.15, -0.1) is 0 Å². The van der Waals surface area contributed by atoms with Gasteiger partial charge in [0, 0.05) is 9.89 Å². The number of hydrogen-bond donors (Lipinski definition) is 1. The Morgan fingerprint density at radius 1 is 1.50 bits per heavy atom. The number of halogens is 1. The molecule has 16 heavy (non-hydrogen) atoms. The van der Waals surface area contributed by atoms with Gasteiger partial charge < -0.3 is 5.11 Å². The van der Waals surface area contributed by atoms with Crippen molar-refractivity contribution in [2.45, 2.75) is 31.1 Å². The summed E-state index contributed by atoms with van der Waals surface area (Å²) in [6.45, 7) is 0. The van der Waals surface area contributed by atoms with Gasteiger partial charge in [-0.25, -0.2) is 0 Å². The summed E-state index contributed by atoms with van der Waals surface area (Å²) in [5.41, 5.74) is 2.60. The standard InChI is InChI=1S/C13H13BrO2/c14-9-3-4-10-8(6-9)2-1-5-13(10)7-11(13)12(15)16/h3-4,6,11H,1-2,5,7H2,(H,15,16). The summed E-state index contributed by atoms with van der Waals surface area (Å²) in [4.78, 5) is 11.1. The van der Waals surface area contributed by atoms with Gasteiger partial charge in [0.05, 0.1) is 5.92 Å². The molecule has 2 aliphatic carbocycles. The number of benzene rings is 1. The van der Waals surface area contributed by atoms with Crippen molar-refractivity contribution in [3.05, 3.63) is 33.8 Å². The van der Waals surface area contributed by atoms with Crippen LogP contribution in [0.3, 0.4) is 0 Å². The van der Waals surface area contributed by atoms with Gasteiger partial charge >= 0.3 is 5.97 Å². The van der Waals surface area contributed by atoms with E-state index in [1.165, 1.54) is 11.1 Å². The molecule has 0 heterocycles. The van der Waals surface area contributed by atoms with E-state index < -0.39 is 5.97 Å². The molecule has 1 spiro atoms. The van der Waals surface area contributed by atoms with Crippen LogP contribution < -0.4 is 0 Å². The van der Waals surface area contributed by atoms with Crippen molar-refractivity contribution in [3.8, 4) is 0 Å². The van der Waals surface area contributed by atoms with Gasteiger partial charge in [0.2, 0.25) is 0 Å². The first-order valence-corrected chi connectivity index (χ1v) is 6.44. The van der Waals surface area contributed by atoms with E-state index in [1.807, 2.05) is 6.07 Å². The highest BCUT2D eigenvalue weighted by Crippen LogP contribution is 2.60. The molecule has 3 rings (SSSR count). The van der Waals surface area contributed by atoms with Crippen molar-refractivity contribution in [3.63, 3.8) is 0 Å². The van der Waals surface area contributed by atoms with Crippen LogP contribution in [0.1, 0.15) is 30.4 Å². The van der Waals surface area contributed by atoms with Crippen LogP contribution in [0.15, 0.2) is 22.7 Å². The van der Waals surface area contributed by atoms with E-state index in [2.05, 4.69) is 28.1 Å². The predicted molar refractivity (Wildman–Crippen MR) is 64.5 cm³/mol. The quantitative estimate of drug-likeness (QED) is 0.858. The highest BCUT2D eigenvalue weighted by Gasteiger charge is 2.60. The van der Waals surface area contributed by atoms with E-state index in [0.717, 1.165) is 30.2 Å². The molecular weight excluding hydrogens is 268 g/mol. The van der Waals surface area contributed by atoms with Gasteiger partial charge in [0.15, 0.2) is 0 Å². The Bertz CT molecular complexity index is 469. The molecule has 1 N–H and O–H groups in total. The molecule has 2 atom stereocenters. The molecule has 1 fully saturated rings. The van der Waals surface area contributed by atoms with Crippen LogP contribution in [0.25, 0.3) is 0 Å². The summed E-state index contributed by atoms with van der Waals surface area (Å²) < 4.78 is 1.09. The van der Waals surface area contributed by atoms with Crippen LogP contribution in [0.2, 0.25) is 0 Å². The molecular formula is C13H13BrO2. The lowest BCUT2D eigenvalue weighted by molar-refractivity contribution is -0.139. The Kier molecular flexibility index (Phi) is 2.15. The van der Waals surface area contributed by atoms with E-state index >= 15 is 0 Å². The molecule has 2 unspecified atom stereocenters. The topological polar surface area (TPSA) is 37.3 Å². The predicted octanol–water partition coefficient (Wildman–Crippen LogP) is 3.13. The first kappa shape index (κ1) is 10.3. The molecule has 1 saturated carbocycles. The van der Waals surface area contributed by atoms with Crippen molar-refractivity contribution in [2.75, 3.05) is 0 Å². The molecule has 2 nitrogen and oxygen atoms in total. The number of aryl methyl sites for hydroxylation is 1. The van der Waals surface area contributed by atoms with Gasteiger partial charge in [0.1, 0.15) is 0 Å². The van der Waals surface area contributed by atoms with Crippen molar-refractivity contribution in [2.24, 2.45) is 5.92 Å². The lowest BCUT2D eigenvalue weighted by atomic mass is 9.79. The van der Waals surface area contributed by atoms with E-state index in [1.54, 1.807) is 0 Å². The maximum absolute atomic E-state index is 11.1. The second-order valence-electron chi connectivity index (χ2n) is 4.91. The van der Waals surface area contributed by atoms with Crippen molar-refractivity contribution in [1.82, 2.24) is 0 Å². The SMILES string of the molecule is O=C(O)C1CC12CCCc1cc(Br)ccc12.